The van der Waals surface area contributed by atoms with Crippen molar-refractivity contribution in [2.24, 2.45) is 0 Å². The Bertz CT molecular complexity index is 555. The fourth-order valence-electron chi connectivity index (χ4n) is 1.90. The van der Waals surface area contributed by atoms with Gasteiger partial charge in [0.1, 0.15) is 5.75 Å². The number of hydrogen-bond donors (Lipinski definition) is 0. The molecule has 2 rings (SSSR count). The molecule has 0 spiro atoms. The van der Waals surface area contributed by atoms with E-state index in [4.69, 9.17) is 21.1 Å². The van der Waals surface area contributed by atoms with Crippen molar-refractivity contribution in [1.29, 1.82) is 0 Å². The number of alkyl halides is 1. The maximum absolute atomic E-state index is 5.85. The fourth-order valence-corrected chi connectivity index (χ4v) is 2.06. The van der Waals surface area contributed by atoms with Gasteiger partial charge < -0.3 is 9.47 Å². The number of benzene rings is 1. The molecule has 0 N–H and O–H groups in total. The first-order valence-corrected chi connectivity index (χ1v) is 7.04. The van der Waals surface area contributed by atoms with Gasteiger partial charge in [-0.25, -0.2) is 4.98 Å². The van der Waals surface area contributed by atoms with Crippen LogP contribution in [-0.2, 0) is 17.0 Å². The van der Waals surface area contributed by atoms with Crippen LogP contribution in [0.15, 0.2) is 36.4 Å². The lowest BCUT2D eigenvalue weighted by molar-refractivity contribution is 0.202. The number of pyridine rings is 1. The van der Waals surface area contributed by atoms with Gasteiger partial charge in [-0.2, -0.15) is 0 Å². The van der Waals surface area contributed by atoms with Crippen molar-refractivity contribution in [3.05, 3.63) is 53.2 Å². The zero-order chi connectivity index (χ0) is 14.4. The number of methoxy groups -OCH3 is 1. The predicted octanol–water partition coefficient (Wildman–Crippen LogP) is 4.11. The van der Waals surface area contributed by atoms with Crippen molar-refractivity contribution in [2.75, 3.05) is 13.7 Å². The molecule has 0 radical (unpaired) electrons. The van der Waals surface area contributed by atoms with Gasteiger partial charge in [0.15, 0.2) is 0 Å². The number of halogens is 1. The summed E-state index contributed by atoms with van der Waals surface area (Å²) in [6.07, 6.45) is 0.899. The van der Waals surface area contributed by atoms with E-state index >= 15 is 0 Å². The van der Waals surface area contributed by atoms with E-state index < -0.39 is 0 Å². The van der Waals surface area contributed by atoms with Gasteiger partial charge >= 0.3 is 0 Å². The van der Waals surface area contributed by atoms with E-state index in [1.54, 1.807) is 7.11 Å². The van der Waals surface area contributed by atoms with E-state index in [0.717, 1.165) is 30.0 Å². The molecule has 0 aliphatic carbocycles. The quantitative estimate of drug-likeness (QED) is 0.751. The lowest BCUT2D eigenvalue weighted by Gasteiger charge is -2.08. The number of nitrogens with zero attached hydrogens (tertiary/aromatic N) is 1. The molecule has 1 heterocycles. The van der Waals surface area contributed by atoms with E-state index in [0.29, 0.717) is 11.8 Å². The third kappa shape index (κ3) is 4.22. The molecule has 4 heteroatoms. The van der Waals surface area contributed by atoms with Crippen LogP contribution < -0.4 is 4.74 Å². The Labute approximate surface area is 124 Å². The van der Waals surface area contributed by atoms with Gasteiger partial charge in [-0.15, -0.1) is 11.6 Å². The minimum Gasteiger partial charge on any atom is -0.439 e. The van der Waals surface area contributed by atoms with E-state index in [-0.39, 0.29) is 0 Å². The number of aryl methyl sites for hydroxylation is 1. The molecule has 2 aromatic rings. The second-order valence-electron chi connectivity index (χ2n) is 4.58. The summed E-state index contributed by atoms with van der Waals surface area (Å²) in [7, 11) is 1.70. The van der Waals surface area contributed by atoms with E-state index in [1.165, 1.54) is 5.56 Å². The smallest absolute Gasteiger partial charge is 0.219 e. The molecule has 0 amide bonds. The van der Waals surface area contributed by atoms with Crippen molar-refractivity contribution >= 4 is 11.6 Å². The summed E-state index contributed by atoms with van der Waals surface area (Å²) in [6, 6.07) is 11.8. The van der Waals surface area contributed by atoms with Crippen molar-refractivity contribution in [2.45, 2.75) is 19.2 Å². The van der Waals surface area contributed by atoms with Crippen LogP contribution in [0.25, 0.3) is 0 Å². The molecule has 0 fully saturated rings. The summed E-state index contributed by atoms with van der Waals surface area (Å²) < 4.78 is 10.8. The fraction of sp³-hybridized carbons (Fsp3) is 0.312. The second kappa shape index (κ2) is 7.27. The number of aromatic nitrogens is 1. The highest BCUT2D eigenvalue weighted by molar-refractivity contribution is 6.17. The monoisotopic (exact) mass is 291 g/mol. The Morgan fingerprint density at radius 3 is 2.50 bits per heavy atom. The molecule has 20 heavy (non-hydrogen) atoms. The van der Waals surface area contributed by atoms with Gasteiger partial charge in [0, 0.05) is 24.8 Å². The highest BCUT2D eigenvalue weighted by atomic mass is 35.5. The molecule has 0 unspecified atom stereocenters. The molecule has 1 aromatic carbocycles. The van der Waals surface area contributed by atoms with Gasteiger partial charge in [0.2, 0.25) is 5.88 Å². The first kappa shape index (κ1) is 14.8. The number of hydrogen-bond acceptors (Lipinski definition) is 3. The third-order valence-electron chi connectivity index (χ3n) is 2.88. The molecule has 0 saturated carbocycles. The molecule has 1 aromatic heterocycles. The van der Waals surface area contributed by atoms with Crippen molar-refractivity contribution in [3.8, 4) is 11.6 Å². The van der Waals surface area contributed by atoms with Crippen molar-refractivity contribution in [3.63, 3.8) is 0 Å². The Hall–Kier alpha value is -1.58. The third-order valence-corrected chi connectivity index (χ3v) is 3.19. The summed E-state index contributed by atoms with van der Waals surface area (Å²) in [6.45, 7) is 2.65. The Kier molecular flexibility index (Phi) is 5.39. The van der Waals surface area contributed by atoms with Gasteiger partial charge in [-0.05, 0) is 42.7 Å². The Morgan fingerprint density at radius 2 is 1.85 bits per heavy atom. The minimum atomic E-state index is 0.454. The zero-order valence-electron chi connectivity index (χ0n) is 11.7. The van der Waals surface area contributed by atoms with Crippen molar-refractivity contribution < 1.29 is 9.47 Å². The molecule has 0 saturated heterocycles. The zero-order valence-corrected chi connectivity index (χ0v) is 12.5. The molecule has 0 aliphatic heterocycles. The maximum atomic E-state index is 5.85. The normalized spacial score (nSPS) is 10.6. The van der Waals surface area contributed by atoms with Gasteiger partial charge in [0.25, 0.3) is 0 Å². The summed E-state index contributed by atoms with van der Waals surface area (Å²) >= 11 is 5.85. The van der Waals surface area contributed by atoms with Gasteiger partial charge in [0.05, 0.1) is 6.61 Å². The SMILES string of the molecule is COCCc1ccc(Oc2cc(CCl)cc(C)n2)cc1. The maximum Gasteiger partial charge on any atom is 0.219 e. The average Bonchev–Trinajstić information content (AvgIpc) is 2.46. The van der Waals surface area contributed by atoms with Crippen LogP contribution in [0, 0.1) is 6.92 Å². The van der Waals surface area contributed by atoms with Gasteiger partial charge in [-0.3, -0.25) is 0 Å². The lowest BCUT2D eigenvalue weighted by Crippen LogP contribution is -1.95. The van der Waals surface area contributed by atoms with E-state index in [9.17, 15) is 0 Å². The average molecular weight is 292 g/mol. The first-order valence-electron chi connectivity index (χ1n) is 6.50. The van der Waals surface area contributed by atoms with Gasteiger partial charge in [-0.1, -0.05) is 12.1 Å². The van der Waals surface area contributed by atoms with Crippen molar-refractivity contribution in [1.82, 2.24) is 4.98 Å². The summed E-state index contributed by atoms with van der Waals surface area (Å²) in [4.78, 5) is 4.35. The molecular weight excluding hydrogens is 274 g/mol. The molecule has 0 bridgehead atoms. The van der Waals surface area contributed by atoms with E-state index in [1.807, 2.05) is 43.3 Å². The molecular formula is C16H18ClNO2. The van der Waals surface area contributed by atoms with E-state index in [2.05, 4.69) is 4.98 Å². The predicted molar refractivity (Wildman–Crippen MR) is 80.6 cm³/mol. The Morgan fingerprint density at radius 1 is 1.10 bits per heavy atom. The number of rotatable bonds is 6. The number of ether oxygens (including phenoxy) is 2. The summed E-state index contributed by atoms with van der Waals surface area (Å²) in [5.41, 5.74) is 3.12. The summed E-state index contributed by atoms with van der Waals surface area (Å²) in [5.74, 6) is 1.80. The van der Waals surface area contributed by atoms with Crippen LogP contribution in [0.1, 0.15) is 16.8 Å². The molecule has 0 aliphatic rings. The Balaban J connectivity index is 2.07. The standard InChI is InChI=1S/C16H18ClNO2/c1-12-9-14(11-17)10-16(18-12)20-15-5-3-13(4-6-15)7-8-19-2/h3-6,9-10H,7-8,11H2,1-2H3. The minimum absolute atomic E-state index is 0.454. The summed E-state index contributed by atoms with van der Waals surface area (Å²) in [5, 5.41) is 0. The highest BCUT2D eigenvalue weighted by Gasteiger charge is 2.03. The van der Waals surface area contributed by atoms with Crippen LogP contribution in [0.4, 0.5) is 0 Å². The lowest BCUT2D eigenvalue weighted by atomic mass is 10.1. The van der Waals surface area contributed by atoms with Crippen LogP contribution in [0.2, 0.25) is 0 Å². The second-order valence-corrected chi connectivity index (χ2v) is 4.84. The molecule has 106 valence electrons. The first-order chi connectivity index (χ1) is 9.71. The van der Waals surface area contributed by atoms with Crippen LogP contribution >= 0.6 is 11.6 Å². The highest BCUT2D eigenvalue weighted by Crippen LogP contribution is 2.22. The van der Waals surface area contributed by atoms with Crippen LogP contribution in [0.5, 0.6) is 11.6 Å². The van der Waals surface area contributed by atoms with Crippen LogP contribution in [0.3, 0.4) is 0 Å². The van der Waals surface area contributed by atoms with Crippen LogP contribution in [-0.4, -0.2) is 18.7 Å². The molecule has 0 atom stereocenters. The molecule has 3 nitrogen and oxygen atoms in total. The largest absolute Gasteiger partial charge is 0.439 e. The topological polar surface area (TPSA) is 31.4 Å².